The van der Waals surface area contributed by atoms with Crippen LogP contribution >= 0.6 is 0 Å². The molecule has 0 aromatic carbocycles. The van der Waals surface area contributed by atoms with Gasteiger partial charge < -0.3 is 19.5 Å². The largest absolute Gasteiger partial charge is 0.466 e. The van der Waals surface area contributed by atoms with Gasteiger partial charge in [-0.15, -0.1) is 0 Å². The first-order chi connectivity index (χ1) is 7.33. The molecule has 0 aromatic rings. The van der Waals surface area contributed by atoms with Crippen LogP contribution in [0.4, 0.5) is 0 Å². The Kier molecular flexibility index (Phi) is 6.31. The molecule has 5 heteroatoms. The van der Waals surface area contributed by atoms with Gasteiger partial charge in [0, 0.05) is 13.1 Å². The van der Waals surface area contributed by atoms with Crippen molar-refractivity contribution in [3.05, 3.63) is 0 Å². The molecule has 0 saturated carbocycles. The highest BCUT2D eigenvalue weighted by molar-refractivity contribution is 5.69. The Morgan fingerprint density at radius 2 is 2.47 bits per heavy atom. The zero-order valence-corrected chi connectivity index (χ0v) is 9.16. The molecule has 5 nitrogen and oxygen atoms in total. The van der Waals surface area contributed by atoms with Gasteiger partial charge in [0.05, 0.1) is 25.7 Å². The summed E-state index contributed by atoms with van der Waals surface area (Å²) in [6, 6.07) is 0. The van der Waals surface area contributed by atoms with Crippen molar-refractivity contribution < 1.29 is 19.0 Å². The molecule has 1 heterocycles. The van der Waals surface area contributed by atoms with Crippen LogP contribution in [0.5, 0.6) is 0 Å². The fourth-order valence-electron chi connectivity index (χ4n) is 1.35. The van der Waals surface area contributed by atoms with E-state index in [1.807, 2.05) is 0 Å². The zero-order valence-electron chi connectivity index (χ0n) is 9.16. The molecule has 88 valence electrons. The molecule has 0 aromatic heterocycles. The molecule has 1 fully saturated rings. The van der Waals surface area contributed by atoms with E-state index in [2.05, 4.69) is 5.32 Å². The molecule has 0 amide bonds. The third-order valence-electron chi connectivity index (χ3n) is 2.15. The van der Waals surface area contributed by atoms with E-state index in [0.717, 1.165) is 19.6 Å². The Morgan fingerprint density at radius 1 is 1.60 bits per heavy atom. The van der Waals surface area contributed by atoms with Crippen LogP contribution in [0.3, 0.4) is 0 Å². The van der Waals surface area contributed by atoms with Crippen LogP contribution < -0.4 is 5.32 Å². The maximum atomic E-state index is 11.0. The number of rotatable bonds is 6. The molecule has 0 spiro atoms. The van der Waals surface area contributed by atoms with Crippen LogP contribution in [0.2, 0.25) is 0 Å². The highest BCUT2D eigenvalue weighted by Gasteiger charge is 2.13. The summed E-state index contributed by atoms with van der Waals surface area (Å²) in [4.78, 5) is 11.0. The average Bonchev–Trinajstić information content (AvgIpc) is 2.26. The van der Waals surface area contributed by atoms with Crippen molar-refractivity contribution in [2.45, 2.75) is 25.9 Å². The molecule has 0 radical (unpaired) electrons. The van der Waals surface area contributed by atoms with E-state index in [4.69, 9.17) is 14.2 Å². The standard InChI is InChI=1S/C10H19NO4/c1-2-14-10(12)3-5-11-7-9-4-6-13-8-15-9/h9,11H,2-8H2,1H3. The van der Waals surface area contributed by atoms with Crippen molar-refractivity contribution in [2.75, 3.05) is 33.1 Å². The van der Waals surface area contributed by atoms with E-state index in [9.17, 15) is 4.79 Å². The second kappa shape index (κ2) is 7.62. The van der Waals surface area contributed by atoms with Crippen molar-refractivity contribution in [1.82, 2.24) is 5.32 Å². The van der Waals surface area contributed by atoms with Gasteiger partial charge in [0.25, 0.3) is 0 Å². The molecule has 0 bridgehead atoms. The van der Waals surface area contributed by atoms with E-state index in [1.165, 1.54) is 0 Å². The normalized spacial score (nSPS) is 21.3. The van der Waals surface area contributed by atoms with E-state index < -0.39 is 0 Å². The van der Waals surface area contributed by atoms with Crippen LogP contribution in [-0.4, -0.2) is 45.2 Å². The lowest BCUT2D eigenvalue weighted by Crippen LogP contribution is -2.35. The summed E-state index contributed by atoms with van der Waals surface area (Å²) < 4.78 is 15.2. The molecular formula is C10H19NO4. The number of nitrogens with one attached hydrogen (secondary N) is 1. The van der Waals surface area contributed by atoms with E-state index in [0.29, 0.717) is 26.4 Å². The number of hydrogen-bond acceptors (Lipinski definition) is 5. The molecule has 1 aliphatic heterocycles. The van der Waals surface area contributed by atoms with Crippen molar-refractivity contribution >= 4 is 5.97 Å². The minimum atomic E-state index is -0.155. The van der Waals surface area contributed by atoms with Gasteiger partial charge in [0.1, 0.15) is 6.79 Å². The monoisotopic (exact) mass is 217 g/mol. The molecule has 1 atom stereocenters. The highest BCUT2D eigenvalue weighted by Crippen LogP contribution is 2.04. The molecule has 15 heavy (non-hydrogen) atoms. The Bertz CT molecular complexity index is 180. The van der Waals surface area contributed by atoms with Crippen molar-refractivity contribution in [3.8, 4) is 0 Å². The minimum absolute atomic E-state index is 0.155. The summed E-state index contributed by atoms with van der Waals surface area (Å²) in [6.07, 6.45) is 1.53. The number of esters is 1. The molecule has 1 rings (SSSR count). The maximum Gasteiger partial charge on any atom is 0.307 e. The first-order valence-corrected chi connectivity index (χ1v) is 5.38. The Labute approximate surface area is 90.1 Å². The number of carbonyl (C=O) groups excluding carboxylic acids is 1. The Balaban J connectivity index is 1.93. The van der Waals surface area contributed by atoms with Gasteiger partial charge in [-0.1, -0.05) is 0 Å². The van der Waals surface area contributed by atoms with E-state index in [1.54, 1.807) is 6.92 Å². The summed E-state index contributed by atoms with van der Waals surface area (Å²) >= 11 is 0. The quantitative estimate of drug-likeness (QED) is 0.512. The molecular weight excluding hydrogens is 198 g/mol. The van der Waals surface area contributed by atoms with Crippen molar-refractivity contribution in [3.63, 3.8) is 0 Å². The molecule has 1 aliphatic rings. The maximum absolute atomic E-state index is 11.0. The van der Waals surface area contributed by atoms with Gasteiger partial charge in [-0.3, -0.25) is 4.79 Å². The fourth-order valence-corrected chi connectivity index (χ4v) is 1.35. The van der Waals surface area contributed by atoms with Gasteiger partial charge in [-0.2, -0.15) is 0 Å². The lowest BCUT2D eigenvalue weighted by Gasteiger charge is -2.22. The van der Waals surface area contributed by atoms with Gasteiger partial charge in [-0.05, 0) is 13.3 Å². The first-order valence-electron chi connectivity index (χ1n) is 5.38. The first kappa shape index (κ1) is 12.4. The summed E-state index contributed by atoms with van der Waals surface area (Å²) in [5, 5.41) is 3.16. The smallest absolute Gasteiger partial charge is 0.307 e. The van der Waals surface area contributed by atoms with Crippen LogP contribution in [0.1, 0.15) is 19.8 Å². The molecule has 1 unspecified atom stereocenters. The lowest BCUT2D eigenvalue weighted by molar-refractivity contribution is -0.143. The third kappa shape index (κ3) is 5.71. The van der Waals surface area contributed by atoms with Gasteiger partial charge in [0.2, 0.25) is 0 Å². The Morgan fingerprint density at radius 3 is 3.13 bits per heavy atom. The highest BCUT2D eigenvalue weighted by atomic mass is 16.7. The molecule has 1 saturated heterocycles. The van der Waals surface area contributed by atoms with Gasteiger partial charge in [0.15, 0.2) is 0 Å². The van der Waals surface area contributed by atoms with Crippen molar-refractivity contribution in [2.24, 2.45) is 0 Å². The fraction of sp³-hybridized carbons (Fsp3) is 0.900. The van der Waals surface area contributed by atoms with Crippen molar-refractivity contribution in [1.29, 1.82) is 0 Å². The molecule has 1 N–H and O–H groups in total. The lowest BCUT2D eigenvalue weighted by atomic mass is 10.2. The molecule has 0 aliphatic carbocycles. The Hall–Kier alpha value is -0.650. The predicted molar refractivity (Wildman–Crippen MR) is 54.4 cm³/mol. The number of carbonyl (C=O) groups is 1. The SMILES string of the molecule is CCOC(=O)CCNCC1CCOCO1. The minimum Gasteiger partial charge on any atom is -0.466 e. The second-order valence-electron chi connectivity index (χ2n) is 3.36. The van der Waals surface area contributed by atoms with E-state index >= 15 is 0 Å². The topological polar surface area (TPSA) is 56.8 Å². The van der Waals surface area contributed by atoms with Crippen LogP contribution in [0.15, 0.2) is 0 Å². The van der Waals surface area contributed by atoms with E-state index in [-0.39, 0.29) is 12.1 Å². The van der Waals surface area contributed by atoms with Crippen LogP contribution in [0.25, 0.3) is 0 Å². The number of hydrogen-bond donors (Lipinski definition) is 1. The summed E-state index contributed by atoms with van der Waals surface area (Å²) in [5.41, 5.74) is 0. The van der Waals surface area contributed by atoms with Gasteiger partial charge in [-0.25, -0.2) is 0 Å². The predicted octanol–water partition coefficient (Wildman–Crippen LogP) is 0.292. The van der Waals surface area contributed by atoms with Crippen LogP contribution in [-0.2, 0) is 19.0 Å². The number of ether oxygens (including phenoxy) is 3. The summed E-state index contributed by atoms with van der Waals surface area (Å²) in [7, 11) is 0. The second-order valence-corrected chi connectivity index (χ2v) is 3.36. The average molecular weight is 217 g/mol. The third-order valence-corrected chi connectivity index (χ3v) is 2.15. The summed E-state index contributed by atoms with van der Waals surface area (Å²) in [5.74, 6) is -0.155. The zero-order chi connectivity index (χ0) is 10.9. The van der Waals surface area contributed by atoms with Gasteiger partial charge >= 0.3 is 5.97 Å². The van der Waals surface area contributed by atoms with Crippen LogP contribution in [0, 0.1) is 0 Å². The summed E-state index contributed by atoms with van der Waals surface area (Å²) in [6.45, 7) is 4.79.